The molecular formula is C29H38BrF3N4O2Si. The summed E-state index contributed by atoms with van der Waals surface area (Å²) in [5, 5.41) is 10.4. The van der Waals surface area contributed by atoms with Gasteiger partial charge in [0.15, 0.2) is 8.32 Å². The number of carbonyl (C=O) groups is 1. The van der Waals surface area contributed by atoms with Crippen molar-refractivity contribution in [3.63, 3.8) is 0 Å². The van der Waals surface area contributed by atoms with Gasteiger partial charge in [0.2, 0.25) is 0 Å². The number of nitrogens with zero attached hydrogens (tertiary/aromatic N) is 4. The Balaban J connectivity index is 2.20. The second-order valence-electron chi connectivity index (χ2n) is 11.8. The lowest BCUT2D eigenvalue weighted by Crippen LogP contribution is -2.55. The van der Waals surface area contributed by atoms with E-state index in [1.807, 2.05) is 31.2 Å². The Morgan fingerprint density at radius 1 is 1.25 bits per heavy atom. The fourth-order valence-electron chi connectivity index (χ4n) is 4.71. The molecule has 1 aliphatic heterocycles. The summed E-state index contributed by atoms with van der Waals surface area (Å²) in [5.74, 6) is -0.410. The van der Waals surface area contributed by atoms with E-state index in [9.17, 15) is 23.2 Å². The van der Waals surface area contributed by atoms with Crippen LogP contribution in [0.3, 0.4) is 0 Å². The maximum atomic E-state index is 14.5. The first-order chi connectivity index (χ1) is 18.5. The van der Waals surface area contributed by atoms with E-state index in [-0.39, 0.29) is 29.0 Å². The molecule has 1 aromatic carbocycles. The van der Waals surface area contributed by atoms with Crippen LogP contribution in [0, 0.1) is 25.2 Å². The fraction of sp³-hybridized carbons (Fsp3) is 0.552. The molecule has 0 aliphatic carbocycles. The number of amides is 1. The Kier molecular flexibility index (Phi) is 9.80. The molecule has 3 rings (SSSR count). The summed E-state index contributed by atoms with van der Waals surface area (Å²) in [4.78, 5) is 22.2. The van der Waals surface area contributed by atoms with E-state index in [1.54, 1.807) is 15.9 Å². The predicted molar refractivity (Wildman–Crippen MR) is 158 cm³/mol. The van der Waals surface area contributed by atoms with Crippen molar-refractivity contribution >= 4 is 41.7 Å². The van der Waals surface area contributed by atoms with Gasteiger partial charge in [-0.15, -0.1) is 0 Å². The number of benzene rings is 1. The molecule has 40 heavy (non-hydrogen) atoms. The van der Waals surface area contributed by atoms with Crippen molar-refractivity contribution in [2.75, 3.05) is 28.2 Å². The molecule has 0 N–H and O–H groups in total. The van der Waals surface area contributed by atoms with Gasteiger partial charge in [0, 0.05) is 29.8 Å². The second kappa shape index (κ2) is 12.2. The Morgan fingerprint density at radius 3 is 2.48 bits per heavy atom. The molecule has 2 atom stereocenters. The summed E-state index contributed by atoms with van der Waals surface area (Å²) in [6.45, 7) is 14.5. The zero-order valence-corrected chi connectivity index (χ0v) is 26.8. The van der Waals surface area contributed by atoms with Crippen molar-refractivity contribution in [3.05, 3.63) is 52.7 Å². The van der Waals surface area contributed by atoms with Crippen molar-refractivity contribution in [1.29, 1.82) is 5.26 Å². The number of pyridine rings is 1. The van der Waals surface area contributed by atoms with Crippen molar-refractivity contribution < 1.29 is 22.4 Å². The third kappa shape index (κ3) is 6.89. The minimum atomic E-state index is -4.74. The normalized spacial score (nSPS) is 18.1. The molecule has 1 saturated heterocycles. The van der Waals surface area contributed by atoms with Crippen LogP contribution in [0.2, 0.25) is 18.1 Å². The number of aryl methyl sites for hydroxylation is 2. The Bertz CT molecular complexity index is 1270. The van der Waals surface area contributed by atoms with Crippen LogP contribution in [0.4, 0.5) is 24.7 Å². The van der Waals surface area contributed by atoms with Crippen LogP contribution in [0.15, 0.2) is 30.3 Å². The molecule has 6 nitrogen and oxygen atoms in total. The van der Waals surface area contributed by atoms with Crippen molar-refractivity contribution in [3.8, 4) is 6.07 Å². The van der Waals surface area contributed by atoms with Gasteiger partial charge in [-0.1, -0.05) is 48.8 Å². The van der Waals surface area contributed by atoms with Crippen molar-refractivity contribution in [1.82, 2.24) is 4.98 Å². The van der Waals surface area contributed by atoms with E-state index in [0.717, 1.165) is 11.6 Å². The van der Waals surface area contributed by atoms with Crippen molar-refractivity contribution in [2.24, 2.45) is 0 Å². The summed E-state index contributed by atoms with van der Waals surface area (Å²) in [6, 6.07) is 9.26. The number of halogens is 4. The van der Waals surface area contributed by atoms with Gasteiger partial charge < -0.3 is 14.2 Å². The molecule has 0 unspecified atom stereocenters. The topological polar surface area (TPSA) is 69.5 Å². The molecule has 1 fully saturated rings. The van der Waals surface area contributed by atoms with Crippen LogP contribution in [0.5, 0.6) is 0 Å². The number of aromatic nitrogens is 1. The lowest BCUT2D eigenvalue weighted by Gasteiger charge is -2.41. The number of hydrogen-bond donors (Lipinski definition) is 0. The maximum Gasteiger partial charge on any atom is 0.417 e. The highest BCUT2D eigenvalue weighted by Gasteiger charge is 2.49. The van der Waals surface area contributed by atoms with E-state index < -0.39 is 37.8 Å². The molecule has 2 heterocycles. The first-order valence-corrected chi connectivity index (χ1v) is 17.4. The summed E-state index contributed by atoms with van der Waals surface area (Å²) in [6.07, 6.45) is -4.23. The highest BCUT2D eigenvalue weighted by molar-refractivity contribution is 9.09. The summed E-state index contributed by atoms with van der Waals surface area (Å²) >= 11 is 3.45. The summed E-state index contributed by atoms with van der Waals surface area (Å²) in [7, 11) is -2.38. The van der Waals surface area contributed by atoms with Gasteiger partial charge in [-0.05, 0) is 68.6 Å². The van der Waals surface area contributed by atoms with Gasteiger partial charge in [0.05, 0.1) is 11.7 Å². The SMILES string of the molecule is Cc1cccc(N(CCCBr)C(=O)[C@@H]2[C@H](O[Si](C)(C)C(C)(C)C)CCN2c2nc(C)cc(C(F)(F)F)c2C#N)c1. The first-order valence-electron chi connectivity index (χ1n) is 13.4. The third-order valence-corrected chi connectivity index (χ3v) is 12.8. The van der Waals surface area contributed by atoms with E-state index >= 15 is 0 Å². The van der Waals surface area contributed by atoms with Crippen LogP contribution < -0.4 is 9.80 Å². The monoisotopic (exact) mass is 638 g/mol. The van der Waals surface area contributed by atoms with Crippen LogP contribution in [0.1, 0.15) is 56.0 Å². The highest BCUT2D eigenvalue weighted by atomic mass is 79.9. The standard InChI is InChI=1S/C29H38BrF3N4O2Si/c1-19-10-8-11-21(16-19)36(14-9-13-30)27(38)25-24(39-40(6,7)28(3,4)5)12-15-37(25)26-22(18-34)23(29(31,32)33)17-20(2)35-26/h8,10-11,16-17,24-25H,9,12-15H2,1-7H3/t24-,25+/m1/s1. The van der Waals surface area contributed by atoms with E-state index in [1.165, 1.54) is 6.92 Å². The second-order valence-corrected chi connectivity index (χ2v) is 17.4. The van der Waals surface area contributed by atoms with Gasteiger partial charge in [-0.25, -0.2) is 4.98 Å². The molecule has 218 valence electrons. The first kappa shape index (κ1) is 32.1. The molecule has 1 aromatic heterocycles. The average Bonchev–Trinajstić information content (AvgIpc) is 3.25. The minimum absolute atomic E-state index is 0.121. The van der Waals surface area contributed by atoms with E-state index in [0.29, 0.717) is 30.4 Å². The minimum Gasteiger partial charge on any atom is -0.411 e. The quantitative estimate of drug-likeness (QED) is 0.223. The number of nitriles is 1. The third-order valence-electron chi connectivity index (χ3n) is 7.76. The van der Waals surface area contributed by atoms with Crippen LogP contribution in [-0.4, -0.2) is 49.8 Å². The largest absolute Gasteiger partial charge is 0.417 e. The molecule has 0 saturated carbocycles. The summed E-state index contributed by atoms with van der Waals surface area (Å²) in [5.41, 5.74) is 0.181. The molecule has 0 radical (unpaired) electrons. The number of alkyl halides is 4. The molecule has 11 heteroatoms. The van der Waals surface area contributed by atoms with Gasteiger partial charge in [0.25, 0.3) is 5.91 Å². The Hall–Kier alpha value is -2.42. The van der Waals surface area contributed by atoms with Crippen molar-refractivity contribution in [2.45, 2.75) is 83.9 Å². The number of hydrogen-bond acceptors (Lipinski definition) is 5. The molecule has 1 amide bonds. The fourth-order valence-corrected chi connectivity index (χ4v) is 6.32. The number of rotatable bonds is 8. The number of carbonyl (C=O) groups excluding carboxylic acids is 1. The van der Waals surface area contributed by atoms with Crippen LogP contribution in [-0.2, 0) is 15.4 Å². The van der Waals surface area contributed by atoms with Gasteiger partial charge in [-0.2, -0.15) is 18.4 Å². The van der Waals surface area contributed by atoms with Gasteiger partial charge in [-0.3, -0.25) is 4.79 Å². The van der Waals surface area contributed by atoms with Crippen LogP contribution >= 0.6 is 15.9 Å². The maximum absolute atomic E-state index is 14.5. The van der Waals surface area contributed by atoms with E-state index in [4.69, 9.17) is 4.43 Å². The lowest BCUT2D eigenvalue weighted by atomic mass is 10.1. The predicted octanol–water partition coefficient (Wildman–Crippen LogP) is 7.38. The molecular weight excluding hydrogens is 601 g/mol. The smallest absolute Gasteiger partial charge is 0.411 e. The molecule has 0 bridgehead atoms. The molecule has 1 aliphatic rings. The van der Waals surface area contributed by atoms with Gasteiger partial charge in [0.1, 0.15) is 23.5 Å². The van der Waals surface area contributed by atoms with E-state index in [2.05, 4.69) is 54.8 Å². The molecule has 2 aromatic rings. The zero-order chi connectivity index (χ0) is 30.0. The molecule has 0 spiro atoms. The van der Waals surface area contributed by atoms with Gasteiger partial charge >= 0.3 is 6.18 Å². The highest BCUT2D eigenvalue weighted by Crippen LogP contribution is 2.42. The Morgan fingerprint density at radius 2 is 1.93 bits per heavy atom. The lowest BCUT2D eigenvalue weighted by molar-refractivity contribution is -0.137. The van der Waals surface area contributed by atoms with Crippen LogP contribution in [0.25, 0.3) is 0 Å². The number of anilines is 2. The average molecular weight is 640 g/mol. The zero-order valence-electron chi connectivity index (χ0n) is 24.2. The Labute approximate surface area is 244 Å². The summed E-state index contributed by atoms with van der Waals surface area (Å²) < 4.78 is 48.8.